The predicted molar refractivity (Wildman–Crippen MR) is 81.9 cm³/mol. The highest BCUT2D eigenvalue weighted by molar-refractivity contribution is 7.91. The molecule has 0 bridgehead atoms. The monoisotopic (exact) mass is 325 g/mol. The van der Waals surface area contributed by atoms with Gasteiger partial charge in [-0.1, -0.05) is 18.9 Å². The van der Waals surface area contributed by atoms with Crippen molar-refractivity contribution < 1.29 is 17.6 Å². The SMILES string of the molecule is O=C(c1cccc(F)c1)N(C1CCCC1)[C@H]1CCS(=O)(=O)C1. The maximum Gasteiger partial charge on any atom is 0.254 e. The van der Waals surface area contributed by atoms with Crippen molar-refractivity contribution in [2.45, 2.75) is 44.2 Å². The molecule has 1 amide bonds. The Morgan fingerprint density at radius 1 is 1.14 bits per heavy atom. The Morgan fingerprint density at radius 3 is 2.45 bits per heavy atom. The molecule has 3 rings (SSSR count). The first-order valence-electron chi connectivity index (χ1n) is 7.75. The number of sulfone groups is 1. The summed E-state index contributed by atoms with van der Waals surface area (Å²) in [5.74, 6) is -0.522. The van der Waals surface area contributed by atoms with Crippen molar-refractivity contribution in [2.24, 2.45) is 0 Å². The van der Waals surface area contributed by atoms with Crippen molar-refractivity contribution in [3.8, 4) is 0 Å². The second-order valence-corrected chi connectivity index (χ2v) is 8.45. The number of rotatable bonds is 3. The van der Waals surface area contributed by atoms with Gasteiger partial charge in [0.25, 0.3) is 5.91 Å². The Morgan fingerprint density at radius 2 is 1.86 bits per heavy atom. The average molecular weight is 325 g/mol. The lowest BCUT2D eigenvalue weighted by atomic mass is 10.1. The van der Waals surface area contributed by atoms with Crippen LogP contribution < -0.4 is 0 Å². The number of halogens is 1. The third kappa shape index (κ3) is 3.16. The summed E-state index contributed by atoms with van der Waals surface area (Å²) in [5.41, 5.74) is 0.302. The van der Waals surface area contributed by atoms with E-state index < -0.39 is 15.7 Å². The number of hydrogen-bond donors (Lipinski definition) is 0. The smallest absolute Gasteiger partial charge is 0.254 e. The van der Waals surface area contributed by atoms with Crippen molar-refractivity contribution >= 4 is 15.7 Å². The first kappa shape index (κ1) is 15.5. The fourth-order valence-electron chi connectivity index (χ4n) is 3.58. The second kappa shape index (κ2) is 5.99. The molecule has 1 aromatic carbocycles. The van der Waals surface area contributed by atoms with E-state index in [2.05, 4.69) is 0 Å². The topological polar surface area (TPSA) is 54.5 Å². The van der Waals surface area contributed by atoms with E-state index in [4.69, 9.17) is 0 Å². The number of hydrogen-bond acceptors (Lipinski definition) is 3. The number of amides is 1. The van der Waals surface area contributed by atoms with E-state index in [-0.39, 0.29) is 29.5 Å². The van der Waals surface area contributed by atoms with Crippen LogP contribution in [0.3, 0.4) is 0 Å². The molecule has 1 saturated carbocycles. The van der Waals surface area contributed by atoms with Crippen molar-refractivity contribution in [2.75, 3.05) is 11.5 Å². The summed E-state index contributed by atoms with van der Waals surface area (Å²) in [4.78, 5) is 14.6. The molecule has 2 aliphatic rings. The maximum absolute atomic E-state index is 13.4. The van der Waals surface area contributed by atoms with Gasteiger partial charge in [-0.05, 0) is 37.5 Å². The minimum absolute atomic E-state index is 0.0323. The van der Waals surface area contributed by atoms with Crippen LogP contribution in [0, 0.1) is 5.82 Å². The molecule has 1 aromatic rings. The Hall–Kier alpha value is -1.43. The van der Waals surface area contributed by atoms with Gasteiger partial charge in [0.15, 0.2) is 9.84 Å². The van der Waals surface area contributed by atoms with Gasteiger partial charge < -0.3 is 4.90 Å². The molecular formula is C16H20FNO3S. The quantitative estimate of drug-likeness (QED) is 0.857. The zero-order valence-corrected chi connectivity index (χ0v) is 13.2. The molecule has 0 unspecified atom stereocenters. The van der Waals surface area contributed by atoms with Crippen molar-refractivity contribution in [3.63, 3.8) is 0 Å². The molecule has 0 radical (unpaired) electrons. The molecule has 0 aromatic heterocycles. The van der Waals surface area contributed by atoms with Crippen LogP contribution in [0.2, 0.25) is 0 Å². The van der Waals surface area contributed by atoms with E-state index in [1.807, 2.05) is 0 Å². The molecule has 0 N–H and O–H groups in total. The third-order valence-corrected chi connectivity index (χ3v) is 6.38. The van der Waals surface area contributed by atoms with Crippen molar-refractivity contribution in [1.82, 2.24) is 4.90 Å². The first-order chi connectivity index (χ1) is 10.5. The van der Waals surface area contributed by atoms with Crippen LogP contribution >= 0.6 is 0 Å². The first-order valence-corrected chi connectivity index (χ1v) is 9.57. The second-order valence-electron chi connectivity index (χ2n) is 6.22. The van der Waals surface area contributed by atoms with Crippen LogP contribution in [-0.4, -0.2) is 42.8 Å². The molecule has 4 nitrogen and oxygen atoms in total. The minimum atomic E-state index is -3.06. The molecule has 22 heavy (non-hydrogen) atoms. The number of carbonyl (C=O) groups is 1. The summed E-state index contributed by atoms with van der Waals surface area (Å²) in [6, 6.07) is 5.44. The van der Waals surface area contributed by atoms with Gasteiger partial charge in [0.1, 0.15) is 5.82 Å². The summed E-state index contributed by atoms with van der Waals surface area (Å²) in [6.07, 6.45) is 4.39. The summed E-state index contributed by atoms with van der Waals surface area (Å²) in [7, 11) is -3.06. The van der Waals surface area contributed by atoms with Crippen LogP contribution in [0.25, 0.3) is 0 Å². The molecule has 6 heteroatoms. The molecule has 1 atom stereocenters. The Bertz CT molecular complexity index is 668. The Balaban J connectivity index is 1.89. The predicted octanol–water partition coefficient (Wildman–Crippen LogP) is 2.40. The average Bonchev–Trinajstić information content (AvgIpc) is 3.09. The largest absolute Gasteiger partial charge is 0.332 e. The molecule has 0 spiro atoms. The highest BCUT2D eigenvalue weighted by Crippen LogP contribution is 2.30. The lowest BCUT2D eigenvalue weighted by Gasteiger charge is -2.34. The van der Waals surface area contributed by atoms with Crippen LogP contribution in [0.15, 0.2) is 24.3 Å². The van der Waals surface area contributed by atoms with E-state index in [0.717, 1.165) is 25.7 Å². The van der Waals surface area contributed by atoms with E-state index in [0.29, 0.717) is 12.0 Å². The van der Waals surface area contributed by atoms with Gasteiger partial charge in [0, 0.05) is 17.6 Å². The highest BCUT2D eigenvalue weighted by atomic mass is 32.2. The maximum atomic E-state index is 13.4. The van der Waals surface area contributed by atoms with Gasteiger partial charge in [-0.15, -0.1) is 0 Å². The summed E-state index contributed by atoms with van der Waals surface area (Å²) < 4.78 is 37.0. The Kier molecular flexibility index (Phi) is 4.21. The van der Waals surface area contributed by atoms with E-state index in [1.165, 1.54) is 18.2 Å². The summed E-state index contributed by atoms with van der Waals surface area (Å²) in [6.45, 7) is 0. The van der Waals surface area contributed by atoms with E-state index >= 15 is 0 Å². The van der Waals surface area contributed by atoms with Crippen molar-refractivity contribution in [3.05, 3.63) is 35.6 Å². The van der Waals surface area contributed by atoms with Gasteiger partial charge in [-0.2, -0.15) is 0 Å². The molecule has 120 valence electrons. The molecular weight excluding hydrogens is 305 g/mol. The standard InChI is InChI=1S/C16H20FNO3S/c17-13-5-3-4-12(10-13)16(19)18(14-6-1-2-7-14)15-8-9-22(20,21)11-15/h3-5,10,14-15H,1-2,6-9,11H2/t15-/m0/s1. The normalized spacial score (nSPS) is 24.5. The van der Waals surface area contributed by atoms with Gasteiger partial charge >= 0.3 is 0 Å². The Labute approximate surface area is 130 Å². The fourth-order valence-corrected chi connectivity index (χ4v) is 5.29. The van der Waals surface area contributed by atoms with Gasteiger partial charge in [-0.25, -0.2) is 12.8 Å². The fraction of sp³-hybridized carbons (Fsp3) is 0.562. The van der Waals surface area contributed by atoms with E-state index in [9.17, 15) is 17.6 Å². The number of benzene rings is 1. The van der Waals surface area contributed by atoms with Gasteiger partial charge in [0.05, 0.1) is 11.5 Å². The zero-order valence-electron chi connectivity index (χ0n) is 12.4. The number of nitrogens with zero attached hydrogens (tertiary/aromatic N) is 1. The highest BCUT2D eigenvalue weighted by Gasteiger charge is 2.39. The third-order valence-electron chi connectivity index (χ3n) is 4.63. The molecule has 1 saturated heterocycles. The van der Waals surface area contributed by atoms with Crippen LogP contribution in [0.4, 0.5) is 4.39 Å². The lowest BCUT2D eigenvalue weighted by molar-refractivity contribution is 0.0601. The van der Waals surface area contributed by atoms with Crippen LogP contribution in [0.5, 0.6) is 0 Å². The molecule has 1 aliphatic carbocycles. The van der Waals surface area contributed by atoms with Gasteiger partial charge in [-0.3, -0.25) is 4.79 Å². The molecule has 1 aliphatic heterocycles. The lowest BCUT2D eigenvalue weighted by Crippen LogP contribution is -2.47. The number of carbonyl (C=O) groups excluding carboxylic acids is 1. The molecule has 1 heterocycles. The minimum Gasteiger partial charge on any atom is -0.332 e. The van der Waals surface area contributed by atoms with E-state index in [1.54, 1.807) is 11.0 Å². The zero-order chi connectivity index (χ0) is 15.7. The summed E-state index contributed by atoms with van der Waals surface area (Å²) >= 11 is 0. The molecule has 2 fully saturated rings. The van der Waals surface area contributed by atoms with Crippen LogP contribution in [-0.2, 0) is 9.84 Å². The van der Waals surface area contributed by atoms with Crippen molar-refractivity contribution in [1.29, 1.82) is 0 Å². The van der Waals surface area contributed by atoms with Gasteiger partial charge in [0.2, 0.25) is 0 Å². The summed E-state index contributed by atoms with van der Waals surface area (Å²) in [5, 5.41) is 0. The van der Waals surface area contributed by atoms with Crippen LogP contribution in [0.1, 0.15) is 42.5 Å².